The second-order valence-electron chi connectivity index (χ2n) is 3.25. The first-order valence-electron chi connectivity index (χ1n) is 4.33. The summed E-state index contributed by atoms with van der Waals surface area (Å²) in [7, 11) is -1.15. The summed E-state index contributed by atoms with van der Waals surface area (Å²) in [6, 6.07) is 0. The molecule has 1 N–H and O–H groups in total. The fraction of sp³-hybridized carbons (Fsp3) is 0.875. The zero-order chi connectivity index (χ0) is 10.5. The molecule has 0 amide bonds. The Hall–Kier alpha value is -0.580. The van der Waals surface area contributed by atoms with Gasteiger partial charge in [-0.2, -0.15) is 0 Å². The van der Waals surface area contributed by atoms with E-state index in [0.717, 1.165) is 6.42 Å². The molecule has 0 radical (unpaired) electrons. The van der Waals surface area contributed by atoms with Gasteiger partial charge in [0.2, 0.25) is 0 Å². The molecule has 0 aliphatic rings. The maximum absolute atomic E-state index is 10.8. The van der Waals surface area contributed by atoms with Gasteiger partial charge in [0.1, 0.15) is 9.84 Å². The number of nitrogens with one attached hydrogen (secondary N) is 1. The third kappa shape index (κ3) is 6.57. The Balaban J connectivity index is 3.88. The summed E-state index contributed by atoms with van der Waals surface area (Å²) in [5, 5.41) is 7.53. The molecule has 78 valence electrons. The van der Waals surface area contributed by atoms with Gasteiger partial charge in [-0.1, -0.05) is 6.92 Å². The maximum Gasteiger partial charge on any atom is 0.149 e. The number of nitrogens with zero attached hydrogens (tertiary/aromatic N) is 1. The van der Waals surface area contributed by atoms with Crippen molar-refractivity contribution in [3.05, 3.63) is 0 Å². The highest BCUT2D eigenvalue weighted by Crippen LogP contribution is 1.96. The minimum Gasteiger partial charge on any atom is -0.363 e. The van der Waals surface area contributed by atoms with Crippen LogP contribution in [0, 0.1) is 5.41 Å². The van der Waals surface area contributed by atoms with Crippen molar-refractivity contribution in [2.45, 2.75) is 19.8 Å². The van der Waals surface area contributed by atoms with E-state index in [4.69, 9.17) is 5.41 Å². The number of rotatable bonds is 5. The molecular weight excluding hydrogens is 188 g/mol. The van der Waals surface area contributed by atoms with Gasteiger partial charge in [-0.15, -0.1) is 0 Å². The summed E-state index contributed by atoms with van der Waals surface area (Å²) < 4.78 is 21.6. The molecule has 0 fully saturated rings. The molecule has 0 aliphatic heterocycles. The van der Waals surface area contributed by atoms with Crippen LogP contribution in [0.5, 0.6) is 0 Å². The van der Waals surface area contributed by atoms with E-state index in [-0.39, 0.29) is 5.75 Å². The van der Waals surface area contributed by atoms with Crippen LogP contribution in [0.1, 0.15) is 19.8 Å². The van der Waals surface area contributed by atoms with E-state index < -0.39 is 9.84 Å². The van der Waals surface area contributed by atoms with E-state index in [9.17, 15) is 8.42 Å². The Morgan fingerprint density at radius 2 is 2.00 bits per heavy atom. The fourth-order valence-electron chi connectivity index (χ4n) is 0.865. The van der Waals surface area contributed by atoms with Gasteiger partial charge in [-0.3, -0.25) is 5.41 Å². The SMILES string of the molecule is CCCC(=N)N(C)CCS(C)(=O)=O. The van der Waals surface area contributed by atoms with Crippen molar-refractivity contribution < 1.29 is 8.42 Å². The largest absolute Gasteiger partial charge is 0.363 e. The lowest BCUT2D eigenvalue weighted by Gasteiger charge is -2.18. The monoisotopic (exact) mass is 206 g/mol. The summed E-state index contributed by atoms with van der Waals surface area (Å²) in [6.45, 7) is 2.41. The third-order valence-electron chi connectivity index (χ3n) is 1.75. The van der Waals surface area contributed by atoms with Crippen LogP contribution in [-0.4, -0.2) is 44.8 Å². The molecule has 0 aromatic carbocycles. The Kier molecular flexibility index (Phi) is 4.98. The van der Waals surface area contributed by atoms with Crippen molar-refractivity contribution in [2.24, 2.45) is 0 Å². The van der Waals surface area contributed by atoms with Crippen molar-refractivity contribution in [3.8, 4) is 0 Å². The van der Waals surface area contributed by atoms with Crippen LogP contribution < -0.4 is 0 Å². The second kappa shape index (κ2) is 5.21. The van der Waals surface area contributed by atoms with E-state index >= 15 is 0 Å². The van der Waals surface area contributed by atoms with E-state index in [1.807, 2.05) is 6.92 Å². The van der Waals surface area contributed by atoms with Crippen molar-refractivity contribution in [1.29, 1.82) is 5.41 Å². The van der Waals surface area contributed by atoms with Gasteiger partial charge >= 0.3 is 0 Å². The van der Waals surface area contributed by atoms with E-state index in [0.29, 0.717) is 18.8 Å². The van der Waals surface area contributed by atoms with Gasteiger partial charge < -0.3 is 4.90 Å². The summed E-state index contributed by atoms with van der Waals surface area (Å²) in [4.78, 5) is 1.69. The molecule has 0 unspecified atom stereocenters. The van der Waals surface area contributed by atoms with E-state index in [2.05, 4.69) is 0 Å². The zero-order valence-corrected chi connectivity index (χ0v) is 9.32. The molecule has 0 spiro atoms. The van der Waals surface area contributed by atoms with Gasteiger partial charge in [-0.05, 0) is 6.42 Å². The van der Waals surface area contributed by atoms with Crippen LogP contribution in [0.3, 0.4) is 0 Å². The van der Waals surface area contributed by atoms with E-state index in [1.165, 1.54) is 6.26 Å². The molecule has 0 rings (SSSR count). The molecule has 0 saturated heterocycles. The molecule has 0 aromatic rings. The Morgan fingerprint density at radius 1 is 1.46 bits per heavy atom. The van der Waals surface area contributed by atoms with Crippen molar-refractivity contribution in [1.82, 2.24) is 4.90 Å². The molecule has 13 heavy (non-hydrogen) atoms. The van der Waals surface area contributed by atoms with Gasteiger partial charge in [-0.25, -0.2) is 8.42 Å². The van der Waals surface area contributed by atoms with Crippen molar-refractivity contribution in [3.63, 3.8) is 0 Å². The lowest BCUT2D eigenvalue weighted by atomic mass is 10.3. The first-order chi connectivity index (χ1) is 5.87. The Morgan fingerprint density at radius 3 is 2.38 bits per heavy atom. The Bertz CT molecular complexity index is 259. The standard InChI is InChI=1S/C8H18N2O2S/c1-4-5-8(9)10(2)6-7-13(3,11)12/h9H,4-7H2,1-3H3. The highest BCUT2D eigenvalue weighted by atomic mass is 32.2. The van der Waals surface area contributed by atoms with Crippen LogP contribution >= 0.6 is 0 Å². The predicted octanol–water partition coefficient (Wildman–Crippen LogP) is 0.740. The molecule has 0 atom stereocenters. The van der Waals surface area contributed by atoms with Crippen LogP contribution in [0.25, 0.3) is 0 Å². The lowest BCUT2D eigenvalue weighted by molar-refractivity contribution is 0.510. The molecule has 0 bridgehead atoms. The second-order valence-corrected chi connectivity index (χ2v) is 5.51. The van der Waals surface area contributed by atoms with Crippen LogP contribution in [0.4, 0.5) is 0 Å². The molecule has 5 heteroatoms. The number of amidine groups is 1. The van der Waals surface area contributed by atoms with Gasteiger partial charge in [0.25, 0.3) is 0 Å². The van der Waals surface area contributed by atoms with Gasteiger partial charge in [0.05, 0.1) is 11.6 Å². The highest BCUT2D eigenvalue weighted by molar-refractivity contribution is 7.90. The molecular formula is C8H18N2O2S. The first-order valence-corrected chi connectivity index (χ1v) is 6.39. The topological polar surface area (TPSA) is 61.2 Å². The van der Waals surface area contributed by atoms with Gasteiger partial charge in [0, 0.05) is 26.3 Å². The quantitative estimate of drug-likeness (QED) is 0.533. The molecule has 0 saturated carbocycles. The molecule has 0 aliphatic carbocycles. The van der Waals surface area contributed by atoms with Crippen LogP contribution in [0.2, 0.25) is 0 Å². The van der Waals surface area contributed by atoms with Crippen molar-refractivity contribution in [2.75, 3.05) is 25.6 Å². The molecule has 0 heterocycles. The third-order valence-corrected chi connectivity index (χ3v) is 2.67. The Labute approximate surface area is 80.4 Å². The smallest absolute Gasteiger partial charge is 0.149 e. The predicted molar refractivity (Wildman–Crippen MR) is 55.0 cm³/mol. The number of hydrogen-bond donors (Lipinski definition) is 1. The summed E-state index contributed by atoms with van der Waals surface area (Å²) in [6.07, 6.45) is 2.84. The number of sulfone groups is 1. The van der Waals surface area contributed by atoms with Crippen LogP contribution in [-0.2, 0) is 9.84 Å². The normalized spacial score (nSPS) is 11.3. The average Bonchev–Trinajstić information content (AvgIpc) is 1.99. The van der Waals surface area contributed by atoms with E-state index in [1.54, 1.807) is 11.9 Å². The summed E-state index contributed by atoms with van der Waals surface area (Å²) >= 11 is 0. The highest BCUT2D eigenvalue weighted by Gasteiger charge is 2.07. The van der Waals surface area contributed by atoms with Crippen LogP contribution in [0.15, 0.2) is 0 Å². The summed E-state index contributed by atoms with van der Waals surface area (Å²) in [5.74, 6) is 0.626. The molecule has 0 aromatic heterocycles. The average molecular weight is 206 g/mol. The van der Waals surface area contributed by atoms with Crippen molar-refractivity contribution >= 4 is 15.7 Å². The van der Waals surface area contributed by atoms with Gasteiger partial charge in [0.15, 0.2) is 0 Å². The molecule has 4 nitrogen and oxygen atoms in total. The fourth-order valence-corrected chi connectivity index (χ4v) is 1.47. The number of hydrogen-bond acceptors (Lipinski definition) is 3. The zero-order valence-electron chi connectivity index (χ0n) is 8.50. The minimum absolute atomic E-state index is 0.121. The minimum atomic E-state index is -2.91. The maximum atomic E-state index is 10.8. The lowest BCUT2D eigenvalue weighted by Crippen LogP contribution is -2.30. The summed E-state index contributed by atoms with van der Waals surface area (Å²) in [5.41, 5.74) is 0. The first kappa shape index (κ1) is 12.4.